The number of hydrogen-bond acceptors (Lipinski definition) is 3. The highest BCUT2D eigenvalue weighted by Crippen LogP contribution is 2.39. The number of primary amides is 2. The molecule has 0 aliphatic carbocycles. The van der Waals surface area contributed by atoms with Crippen molar-refractivity contribution in [2.45, 2.75) is 6.92 Å². The molecule has 0 bridgehead atoms. The maximum Gasteiger partial charge on any atom is 0.317 e. The van der Waals surface area contributed by atoms with Crippen molar-refractivity contribution in [3.8, 4) is 10.4 Å². The highest BCUT2D eigenvalue weighted by Gasteiger charge is 2.20. The van der Waals surface area contributed by atoms with Crippen LogP contribution in [0.25, 0.3) is 10.4 Å². The molecular formula is C13H13N3O2S. The lowest BCUT2D eigenvalue weighted by molar-refractivity contribution is 0.100. The molecule has 3 amide bonds. The van der Waals surface area contributed by atoms with Crippen molar-refractivity contribution in [2.24, 2.45) is 11.5 Å². The zero-order valence-corrected chi connectivity index (χ0v) is 11.1. The van der Waals surface area contributed by atoms with Crippen LogP contribution in [-0.4, -0.2) is 11.9 Å². The van der Waals surface area contributed by atoms with Crippen molar-refractivity contribution >= 4 is 28.3 Å². The van der Waals surface area contributed by atoms with Crippen LogP contribution in [0.1, 0.15) is 15.9 Å². The number of urea groups is 1. The molecule has 0 radical (unpaired) electrons. The monoisotopic (exact) mass is 275 g/mol. The van der Waals surface area contributed by atoms with Gasteiger partial charge in [-0.2, -0.15) is 0 Å². The number of nitrogens with two attached hydrogens (primary N) is 2. The average Bonchev–Trinajstić information content (AvgIpc) is 2.66. The number of rotatable bonds is 3. The number of carbonyl (C=O) groups excluding carboxylic acids is 2. The van der Waals surface area contributed by atoms with Crippen LogP contribution in [0.3, 0.4) is 0 Å². The molecule has 5 nitrogen and oxygen atoms in total. The highest BCUT2D eigenvalue weighted by atomic mass is 32.1. The third-order valence-corrected chi connectivity index (χ3v) is 3.92. The largest absolute Gasteiger partial charge is 0.365 e. The molecule has 98 valence electrons. The van der Waals surface area contributed by atoms with Gasteiger partial charge in [0.05, 0.1) is 5.56 Å². The van der Waals surface area contributed by atoms with E-state index in [1.54, 1.807) is 6.92 Å². The molecule has 1 aromatic carbocycles. The fraction of sp³-hybridized carbons (Fsp3) is 0.0769. The Morgan fingerprint density at radius 3 is 2.32 bits per heavy atom. The summed E-state index contributed by atoms with van der Waals surface area (Å²) < 4.78 is 0. The molecule has 0 aliphatic rings. The van der Waals surface area contributed by atoms with Crippen LogP contribution in [0.5, 0.6) is 0 Å². The van der Waals surface area contributed by atoms with Crippen molar-refractivity contribution in [3.05, 3.63) is 41.5 Å². The molecule has 5 N–H and O–H groups in total. The summed E-state index contributed by atoms with van der Waals surface area (Å²) in [5.41, 5.74) is 12.5. The average molecular weight is 275 g/mol. The molecule has 0 atom stereocenters. The van der Waals surface area contributed by atoms with Crippen molar-refractivity contribution in [1.82, 2.24) is 0 Å². The maximum absolute atomic E-state index is 11.5. The fourth-order valence-corrected chi connectivity index (χ4v) is 3.10. The Kier molecular flexibility index (Phi) is 3.52. The van der Waals surface area contributed by atoms with E-state index >= 15 is 0 Å². The predicted octanol–water partition coefficient (Wildman–Crippen LogP) is 2.31. The molecule has 1 aromatic heterocycles. The molecule has 2 aromatic rings. The first-order valence-corrected chi connectivity index (χ1v) is 6.37. The van der Waals surface area contributed by atoms with Gasteiger partial charge in [0.2, 0.25) is 0 Å². The van der Waals surface area contributed by atoms with E-state index in [0.29, 0.717) is 10.6 Å². The summed E-state index contributed by atoms with van der Waals surface area (Å²) in [6.07, 6.45) is 0. The molecule has 1 heterocycles. The van der Waals surface area contributed by atoms with Crippen LogP contribution in [0.15, 0.2) is 30.3 Å². The second-order valence-electron chi connectivity index (χ2n) is 3.98. The molecule has 0 spiro atoms. The van der Waals surface area contributed by atoms with Crippen LogP contribution in [0, 0.1) is 6.92 Å². The molecule has 6 heteroatoms. The summed E-state index contributed by atoms with van der Waals surface area (Å²) in [6.45, 7) is 1.80. The number of thiophene rings is 1. The Labute approximate surface area is 114 Å². The predicted molar refractivity (Wildman–Crippen MR) is 76.2 cm³/mol. The van der Waals surface area contributed by atoms with Crippen molar-refractivity contribution in [1.29, 1.82) is 0 Å². The fourth-order valence-electron chi connectivity index (χ4n) is 1.88. The third kappa shape index (κ3) is 2.58. The molecular weight excluding hydrogens is 262 g/mol. The summed E-state index contributed by atoms with van der Waals surface area (Å²) in [4.78, 5) is 23.4. The van der Waals surface area contributed by atoms with Crippen LogP contribution >= 0.6 is 11.3 Å². The first kappa shape index (κ1) is 13.1. The lowest BCUT2D eigenvalue weighted by Crippen LogP contribution is -2.21. The summed E-state index contributed by atoms with van der Waals surface area (Å²) in [7, 11) is 0. The number of hydrogen-bond donors (Lipinski definition) is 3. The summed E-state index contributed by atoms with van der Waals surface area (Å²) in [5.74, 6) is -0.584. The number of carbonyl (C=O) groups is 2. The molecule has 2 rings (SSSR count). The zero-order chi connectivity index (χ0) is 14.0. The van der Waals surface area contributed by atoms with Gasteiger partial charge in [-0.3, -0.25) is 10.1 Å². The van der Waals surface area contributed by atoms with Gasteiger partial charge in [0.25, 0.3) is 5.91 Å². The Balaban J connectivity index is 2.58. The van der Waals surface area contributed by atoms with E-state index in [0.717, 1.165) is 16.0 Å². The molecule has 0 fully saturated rings. The maximum atomic E-state index is 11.5. The summed E-state index contributed by atoms with van der Waals surface area (Å²) in [5, 5.41) is 2.83. The topological polar surface area (TPSA) is 98.2 Å². The normalized spacial score (nSPS) is 10.2. The highest BCUT2D eigenvalue weighted by molar-refractivity contribution is 7.20. The lowest BCUT2D eigenvalue weighted by Gasteiger charge is -2.01. The smallest absolute Gasteiger partial charge is 0.317 e. The minimum absolute atomic E-state index is 0.308. The van der Waals surface area contributed by atoms with Gasteiger partial charge >= 0.3 is 6.03 Å². The summed E-state index contributed by atoms with van der Waals surface area (Å²) in [6, 6.07) is 8.85. The van der Waals surface area contributed by atoms with Gasteiger partial charge in [-0.15, -0.1) is 11.3 Å². The second-order valence-corrected chi connectivity index (χ2v) is 5.00. The molecule has 0 saturated heterocycles. The first-order valence-electron chi connectivity index (χ1n) is 5.55. The minimum Gasteiger partial charge on any atom is -0.365 e. The van der Waals surface area contributed by atoms with E-state index in [9.17, 15) is 9.59 Å². The van der Waals surface area contributed by atoms with Gasteiger partial charge < -0.3 is 11.5 Å². The quantitative estimate of drug-likeness (QED) is 0.801. The van der Waals surface area contributed by atoms with Crippen molar-refractivity contribution in [3.63, 3.8) is 0 Å². The van der Waals surface area contributed by atoms with E-state index in [4.69, 9.17) is 11.5 Å². The van der Waals surface area contributed by atoms with E-state index < -0.39 is 11.9 Å². The summed E-state index contributed by atoms with van der Waals surface area (Å²) >= 11 is 1.28. The molecule has 0 saturated carbocycles. The van der Waals surface area contributed by atoms with Crippen LogP contribution in [0.4, 0.5) is 9.80 Å². The molecule has 0 unspecified atom stereocenters. The Hall–Kier alpha value is -2.34. The second kappa shape index (κ2) is 5.11. The SMILES string of the molecule is Cc1c(-c2ccccc2)sc(NC(N)=O)c1C(N)=O. The molecule has 19 heavy (non-hydrogen) atoms. The van der Waals surface area contributed by atoms with Crippen LogP contribution < -0.4 is 16.8 Å². The van der Waals surface area contributed by atoms with E-state index in [-0.39, 0.29) is 0 Å². The number of anilines is 1. The first-order chi connectivity index (χ1) is 9.00. The Morgan fingerprint density at radius 1 is 1.16 bits per heavy atom. The van der Waals surface area contributed by atoms with E-state index in [1.807, 2.05) is 30.3 Å². The van der Waals surface area contributed by atoms with Gasteiger partial charge in [-0.1, -0.05) is 30.3 Å². The third-order valence-electron chi connectivity index (χ3n) is 2.67. The van der Waals surface area contributed by atoms with Gasteiger partial charge in [0.15, 0.2) is 0 Å². The lowest BCUT2D eigenvalue weighted by atomic mass is 10.1. The Morgan fingerprint density at radius 2 is 1.79 bits per heavy atom. The number of amides is 3. The van der Waals surface area contributed by atoms with Gasteiger partial charge in [0.1, 0.15) is 5.00 Å². The van der Waals surface area contributed by atoms with Crippen molar-refractivity contribution < 1.29 is 9.59 Å². The van der Waals surface area contributed by atoms with E-state index in [1.165, 1.54) is 11.3 Å². The standard InChI is InChI=1S/C13H13N3O2S/c1-7-9(11(14)17)12(16-13(15)18)19-10(7)8-5-3-2-4-6-8/h2-6H,1H3,(H2,14,17)(H3,15,16,18). The minimum atomic E-state index is -0.719. The zero-order valence-electron chi connectivity index (χ0n) is 10.3. The molecule has 0 aliphatic heterocycles. The number of benzene rings is 1. The van der Waals surface area contributed by atoms with Gasteiger partial charge in [0, 0.05) is 4.88 Å². The van der Waals surface area contributed by atoms with Gasteiger partial charge in [-0.05, 0) is 18.1 Å². The Bertz CT molecular complexity index is 635. The number of nitrogens with one attached hydrogen (secondary N) is 1. The van der Waals surface area contributed by atoms with Crippen LogP contribution in [0.2, 0.25) is 0 Å². The van der Waals surface area contributed by atoms with Crippen LogP contribution in [-0.2, 0) is 0 Å². The van der Waals surface area contributed by atoms with Crippen molar-refractivity contribution in [2.75, 3.05) is 5.32 Å². The van der Waals surface area contributed by atoms with Gasteiger partial charge in [-0.25, -0.2) is 4.79 Å². The van der Waals surface area contributed by atoms with E-state index in [2.05, 4.69) is 5.32 Å².